The zero-order valence-corrected chi connectivity index (χ0v) is 15.6. The van der Waals surface area contributed by atoms with Crippen molar-refractivity contribution in [2.75, 3.05) is 24.6 Å². The highest BCUT2D eigenvalue weighted by atomic mass is 16.6. The van der Waals surface area contributed by atoms with Crippen molar-refractivity contribution < 1.29 is 14.5 Å². The molecule has 0 bridgehead atoms. The van der Waals surface area contributed by atoms with Crippen LogP contribution < -0.4 is 15.1 Å². The van der Waals surface area contributed by atoms with Gasteiger partial charge in [0.05, 0.1) is 11.1 Å². The van der Waals surface area contributed by atoms with E-state index in [-0.39, 0.29) is 17.2 Å². The fourth-order valence-corrected chi connectivity index (χ4v) is 3.06. The molecule has 2 aromatic carbocycles. The first kappa shape index (κ1) is 19.3. The summed E-state index contributed by atoms with van der Waals surface area (Å²) in [5.41, 5.74) is 4.60. The monoisotopic (exact) mass is 382 g/mol. The van der Waals surface area contributed by atoms with E-state index in [9.17, 15) is 14.9 Å². The van der Waals surface area contributed by atoms with Crippen molar-refractivity contribution in [2.45, 2.75) is 19.8 Å². The maximum Gasteiger partial charge on any atom is 0.293 e. The van der Waals surface area contributed by atoms with E-state index in [2.05, 4.69) is 10.5 Å². The second-order valence-corrected chi connectivity index (χ2v) is 6.60. The summed E-state index contributed by atoms with van der Waals surface area (Å²) in [5.74, 6) is 0.188. The molecule has 1 amide bonds. The van der Waals surface area contributed by atoms with Gasteiger partial charge in [-0.15, -0.1) is 0 Å². The Labute approximate surface area is 163 Å². The quantitative estimate of drug-likeness (QED) is 0.451. The lowest BCUT2D eigenvalue weighted by Gasteiger charge is -2.17. The van der Waals surface area contributed by atoms with Gasteiger partial charge in [-0.2, -0.15) is 5.10 Å². The first-order chi connectivity index (χ1) is 13.5. The third-order valence-corrected chi connectivity index (χ3v) is 4.41. The molecular formula is C20H22N4O4. The van der Waals surface area contributed by atoms with E-state index >= 15 is 0 Å². The molecule has 1 fully saturated rings. The molecule has 146 valence electrons. The Morgan fingerprint density at radius 2 is 2.07 bits per heavy atom. The van der Waals surface area contributed by atoms with Crippen molar-refractivity contribution in [1.29, 1.82) is 0 Å². The number of nitro benzene ring substituents is 1. The van der Waals surface area contributed by atoms with Crippen LogP contribution in [0.3, 0.4) is 0 Å². The molecule has 0 aromatic heterocycles. The highest BCUT2D eigenvalue weighted by Crippen LogP contribution is 2.31. The van der Waals surface area contributed by atoms with Gasteiger partial charge in [-0.25, -0.2) is 5.43 Å². The van der Waals surface area contributed by atoms with Crippen LogP contribution in [0, 0.1) is 17.0 Å². The van der Waals surface area contributed by atoms with E-state index in [4.69, 9.17) is 4.74 Å². The van der Waals surface area contributed by atoms with Crippen LogP contribution in [0.15, 0.2) is 47.6 Å². The van der Waals surface area contributed by atoms with Crippen LogP contribution in [0.1, 0.15) is 24.0 Å². The summed E-state index contributed by atoms with van der Waals surface area (Å²) in [4.78, 5) is 24.9. The Morgan fingerprint density at radius 3 is 2.79 bits per heavy atom. The molecule has 0 radical (unpaired) electrons. The third-order valence-electron chi connectivity index (χ3n) is 4.41. The Kier molecular flexibility index (Phi) is 6.21. The maximum absolute atomic E-state index is 11.8. The molecule has 8 nitrogen and oxygen atoms in total. The van der Waals surface area contributed by atoms with Gasteiger partial charge in [0.15, 0.2) is 6.61 Å². The number of carbonyl (C=O) groups excluding carboxylic acids is 1. The number of rotatable bonds is 7. The molecule has 3 rings (SSSR count). The molecule has 0 saturated carbocycles. The molecule has 0 atom stereocenters. The number of amides is 1. The molecule has 2 aromatic rings. The molecule has 1 heterocycles. The Morgan fingerprint density at radius 1 is 1.29 bits per heavy atom. The minimum atomic E-state index is -0.416. The lowest BCUT2D eigenvalue weighted by molar-refractivity contribution is -0.384. The second-order valence-electron chi connectivity index (χ2n) is 6.60. The SMILES string of the molecule is Cc1cccc(OCC(=O)N/N=C/c2ccc(N3CCCC3)c([N+](=O)[O-])c2)c1. The van der Waals surface area contributed by atoms with Crippen molar-refractivity contribution in [3.8, 4) is 5.75 Å². The van der Waals surface area contributed by atoms with Crippen molar-refractivity contribution in [2.24, 2.45) is 5.10 Å². The van der Waals surface area contributed by atoms with E-state index in [1.807, 2.05) is 30.0 Å². The van der Waals surface area contributed by atoms with E-state index in [0.29, 0.717) is 17.0 Å². The van der Waals surface area contributed by atoms with Crippen molar-refractivity contribution in [3.05, 3.63) is 63.7 Å². The van der Waals surface area contributed by atoms with Gasteiger partial charge in [-0.05, 0) is 43.5 Å². The Hall–Kier alpha value is -3.42. The van der Waals surface area contributed by atoms with Gasteiger partial charge in [0.1, 0.15) is 11.4 Å². The number of hydrazone groups is 1. The van der Waals surface area contributed by atoms with E-state index in [0.717, 1.165) is 31.5 Å². The van der Waals surface area contributed by atoms with Crippen LogP contribution in [-0.2, 0) is 4.79 Å². The fraction of sp³-hybridized carbons (Fsp3) is 0.300. The third kappa shape index (κ3) is 5.06. The van der Waals surface area contributed by atoms with Crippen LogP contribution in [0.4, 0.5) is 11.4 Å². The number of nitrogens with zero attached hydrogens (tertiary/aromatic N) is 3. The van der Waals surface area contributed by atoms with E-state index < -0.39 is 5.91 Å². The highest BCUT2D eigenvalue weighted by molar-refractivity contribution is 5.85. The maximum atomic E-state index is 11.8. The van der Waals surface area contributed by atoms with Crippen LogP contribution in [-0.4, -0.2) is 36.7 Å². The van der Waals surface area contributed by atoms with Crippen LogP contribution in [0.2, 0.25) is 0 Å². The van der Waals surface area contributed by atoms with Gasteiger partial charge in [0.25, 0.3) is 11.6 Å². The molecule has 1 N–H and O–H groups in total. The Balaban J connectivity index is 1.58. The molecular weight excluding hydrogens is 360 g/mol. The summed E-state index contributed by atoms with van der Waals surface area (Å²) < 4.78 is 5.39. The lowest BCUT2D eigenvalue weighted by Crippen LogP contribution is -2.24. The molecule has 0 unspecified atom stereocenters. The van der Waals surface area contributed by atoms with Crippen LogP contribution >= 0.6 is 0 Å². The first-order valence-electron chi connectivity index (χ1n) is 9.08. The molecule has 28 heavy (non-hydrogen) atoms. The van der Waals surface area contributed by atoms with Gasteiger partial charge in [-0.3, -0.25) is 14.9 Å². The Bertz CT molecular complexity index is 892. The number of anilines is 1. The number of nitrogens with one attached hydrogen (secondary N) is 1. The summed E-state index contributed by atoms with van der Waals surface area (Å²) in [6.07, 6.45) is 3.46. The van der Waals surface area contributed by atoms with Crippen molar-refractivity contribution in [3.63, 3.8) is 0 Å². The van der Waals surface area contributed by atoms with Gasteiger partial charge in [0, 0.05) is 24.7 Å². The second kappa shape index (κ2) is 8.98. The predicted octanol–water partition coefficient (Wildman–Crippen LogP) is 3.03. The van der Waals surface area contributed by atoms with Gasteiger partial charge in [-0.1, -0.05) is 18.2 Å². The van der Waals surface area contributed by atoms with Crippen molar-refractivity contribution >= 4 is 23.5 Å². The number of benzene rings is 2. The molecule has 1 aliphatic rings. The largest absolute Gasteiger partial charge is 0.484 e. The van der Waals surface area contributed by atoms with Gasteiger partial charge in [0.2, 0.25) is 0 Å². The number of aryl methyl sites for hydroxylation is 1. The van der Waals surface area contributed by atoms with E-state index in [1.165, 1.54) is 12.3 Å². The topological polar surface area (TPSA) is 97.1 Å². The van der Waals surface area contributed by atoms with E-state index in [1.54, 1.807) is 18.2 Å². The average Bonchev–Trinajstić information content (AvgIpc) is 3.21. The van der Waals surface area contributed by atoms with Gasteiger partial charge < -0.3 is 9.64 Å². The standard InChI is InChI=1S/C20H22N4O4/c1-15-5-4-6-17(11-15)28-14-20(25)22-21-13-16-7-8-18(19(12-16)24(26)27)23-9-2-3-10-23/h4-8,11-13H,2-3,9-10,14H2,1H3,(H,22,25)/b21-13+. The smallest absolute Gasteiger partial charge is 0.293 e. The van der Waals surface area contributed by atoms with Crippen molar-refractivity contribution in [1.82, 2.24) is 5.43 Å². The summed E-state index contributed by atoms with van der Waals surface area (Å²) in [5, 5.41) is 15.3. The summed E-state index contributed by atoms with van der Waals surface area (Å²) in [6.45, 7) is 3.41. The van der Waals surface area contributed by atoms with Crippen LogP contribution in [0.5, 0.6) is 5.75 Å². The minimum Gasteiger partial charge on any atom is -0.484 e. The summed E-state index contributed by atoms with van der Waals surface area (Å²) >= 11 is 0. The van der Waals surface area contributed by atoms with Gasteiger partial charge >= 0.3 is 0 Å². The number of hydrogen-bond donors (Lipinski definition) is 1. The molecule has 8 heteroatoms. The summed E-state index contributed by atoms with van der Waals surface area (Å²) in [6, 6.07) is 12.3. The number of nitro groups is 1. The zero-order valence-electron chi connectivity index (χ0n) is 15.6. The number of hydrogen-bond acceptors (Lipinski definition) is 6. The zero-order chi connectivity index (χ0) is 19.9. The molecule has 1 saturated heterocycles. The number of carbonyl (C=O) groups is 1. The lowest BCUT2D eigenvalue weighted by atomic mass is 10.1. The fourth-order valence-electron chi connectivity index (χ4n) is 3.06. The van der Waals surface area contributed by atoms with Crippen LogP contribution in [0.25, 0.3) is 0 Å². The number of ether oxygens (including phenoxy) is 1. The average molecular weight is 382 g/mol. The summed E-state index contributed by atoms with van der Waals surface area (Å²) in [7, 11) is 0. The molecule has 1 aliphatic heterocycles. The minimum absolute atomic E-state index is 0.0416. The molecule has 0 aliphatic carbocycles. The first-order valence-corrected chi connectivity index (χ1v) is 9.08. The highest BCUT2D eigenvalue weighted by Gasteiger charge is 2.22. The normalized spacial score (nSPS) is 13.7. The molecule has 0 spiro atoms. The predicted molar refractivity (Wildman–Crippen MR) is 107 cm³/mol.